The van der Waals surface area contributed by atoms with Gasteiger partial charge < -0.3 is 5.11 Å². The highest BCUT2D eigenvalue weighted by Gasteiger charge is 2.11. The van der Waals surface area contributed by atoms with E-state index in [-0.39, 0.29) is 5.91 Å². The zero-order valence-electron chi connectivity index (χ0n) is 9.85. The van der Waals surface area contributed by atoms with E-state index in [9.17, 15) is 9.59 Å². The predicted molar refractivity (Wildman–Crippen MR) is 66.9 cm³/mol. The highest BCUT2D eigenvalue weighted by atomic mass is 32.1. The Morgan fingerprint density at radius 1 is 1.47 bits per heavy atom. The Balaban J connectivity index is 2.88. The number of carboxylic acid groups (broad SMARTS) is 1. The van der Waals surface area contributed by atoms with E-state index >= 15 is 0 Å². The zero-order chi connectivity index (χ0) is 13.0. The number of aryl methyl sites for hydroxylation is 1. The molecule has 92 valence electrons. The number of hydrazine groups is 1. The van der Waals surface area contributed by atoms with Crippen LogP contribution in [0.2, 0.25) is 0 Å². The standard InChI is InChI=1S/C11H14N2O3S/c1-7-6-9(11(16)12-13(2)3)17-8(7)4-5-10(14)15/h4-6H,1-3H3,(H,12,16)(H,14,15)/b5-4+. The van der Waals surface area contributed by atoms with Crippen molar-refractivity contribution in [2.45, 2.75) is 6.92 Å². The number of rotatable bonds is 4. The number of hydrogen-bond donors (Lipinski definition) is 2. The van der Waals surface area contributed by atoms with Gasteiger partial charge in [-0.2, -0.15) is 0 Å². The van der Waals surface area contributed by atoms with Crippen molar-refractivity contribution in [1.82, 2.24) is 10.4 Å². The van der Waals surface area contributed by atoms with E-state index in [0.717, 1.165) is 16.5 Å². The number of thiophene rings is 1. The average Bonchev–Trinajstić information content (AvgIpc) is 2.56. The summed E-state index contributed by atoms with van der Waals surface area (Å²) in [6, 6.07) is 1.74. The van der Waals surface area contributed by atoms with Gasteiger partial charge in [0.05, 0.1) is 4.88 Å². The van der Waals surface area contributed by atoms with Crippen LogP contribution in [0.1, 0.15) is 20.1 Å². The minimum atomic E-state index is -1.00. The van der Waals surface area contributed by atoms with Gasteiger partial charge in [0.1, 0.15) is 0 Å². The molecule has 17 heavy (non-hydrogen) atoms. The summed E-state index contributed by atoms with van der Waals surface area (Å²) in [6.45, 7) is 1.84. The van der Waals surface area contributed by atoms with E-state index in [1.54, 1.807) is 25.2 Å². The minimum absolute atomic E-state index is 0.196. The monoisotopic (exact) mass is 254 g/mol. The lowest BCUT2D eigenvalue weighted by Crippen LogP contribution is -2.35. The molecule has 2 N–H and O–H groups in total. The molecule has 0 aromatic carbocycles. The maximum Gasteiger partial charge on any atom is 0.328 e. The molecule has 0 saturated heterocycles. The van der Waals surface area contributed by atoms with Gasteiger partial charge in [0.15, 0.2) is 0 Å². The molecule has 0 unspecified atom stereocenters. The summed E-state index contributed by atoms with van der Waals surface area (Å²) in [4.78, 5) is 23.4. The summed E-state index contributed by atoms with van der Waals surface area (Å²) in [5.41, 5.74) is 3.51. The summed E-state index contributed by atoms with van der Waals surface area (Å²) < 4.78 is 0. The third-order valence-corrected chi connectivity index (χ3v) is 3.08. The zero-order valence-corrected chi connectivity index (χ0v) is 10.7. The second-order valence-corrected chi connectivity index (χ2v) is 4.75. The average molecular weight is 254 g/mol. The fourth-order valence-corrected chi connectivity index (χ4v) is 2.15. The Morgan fingerprint density at radius 3 is 2.65 bits per heavy atom. The van der Waals surface area contributed by atoms with Crippen LogP contribution in [0.4, 0.5) is 0 Å². The number of carboxylic acids is 1. The summed E-state index contributed by atoms with van der Waals surface area (Å²) in [6.07, 6.45) is 2.56. The van der Waals surface area contributed by atoms with Crippen molar-refractivity contribution >= 4 is 29.3 Å². The molecule has 0 aliphatic heterocycles. The lowest BCUT2D eigenvalue weighted by Gasteiger charge is -2.09. The van der Waals surface area contributed by atoms with Gasteiger partial charge in [-0.3, -0.25) is 10.2 Å². The Morgan fingerprint density at radius 2 is 2.12 bits per heavy atom. The maximum atomic E-state index is 11.7. The number of amides is 1. The molecule has 5 nitrogen and oxygen atoms in total. The van der Waals surface area contributed by atoms with Gasteiger partial charge in [0.25, 0.3) is 5.91 Å². The fraction of sp³-hybridized carbons (Fsp3) is 0.273. The van der Waals surface area contributed by atoms with Crippen molar-refractivity contribution < 1.29 is 14.7 Å². The molecule has 0 fully saturated rings. The van der Waals surface area contributed by atoms with E-state index in [2.05, 4.69) is 5.43 Å². The molecule has 0 atom stereocenters. The van der Waals surface area contributed by atoms with Crippen LogP contribution in [0, 0.1) is 6.92 Å². The highest BCUT2D eigenvalue weighted by molar-refractivity contribution is 7.15. The van der Waals surface area contributed by atoms with Crippen molar-refractivity contribution in [3.05, 3.63) is 27.5 Å². The fourth-order valence-electron chi connectivity index (χ4n) is 1.18. The summed E-state index contributed by atoms with van der Waals surface area (Å²) in [7, 11) is 3.45. The first-order chi connectivity index (χ1) is 7.90. The van der Waals surface area contributed by atoms with Crippen LogP contribution in [0.15, 0.2) is 12.1 Å². The second kappa shape index (κ2) is 5.60. The Bertz CT molecular complexity index is 463. The van der Waals surface area contributed by atoms with Gasteiger partial charge in [-0.05, 0) is 24.6 Å². The van der Waals surface area contributed by atoms with Crippen LogP contribution < -0.4 is 5.43 Å². The first kappa shape index (κ1) is 13.4. The SMILES string of the molecule is Cc1cc(C(=O)NN(C)C)sc1/C=C/C(=O)O. The number of carbonyl (C=O) groups excluding carboxylic acids is 1. The Kier molecular flexibility index (Phi) is 4.42. The third-order valence-electron chi connectivity index (χ3n) is 1.88. The topological polar surface area (TPSA) is 69.6 Å². The molecule has 1 aromatic rings. The predicted octanol–water partition coefficient (Wildman–Crippen LogP) is 1.36. The molecular weight excluding hydrogens is 240 g/mol. The van der Waals surface area contributed by atoms with Gasteiger partial charge in [-0.25, -0.2) is 9.80 Å². The van der Waals surface area contributed by atoms with Crippen molar-refractivity contribution in [1.29, 1.82) is 0 Å². The molecule has 0 aliphatic rings. The van der Waals surface area contributed by atoms with Gasteiger partial charge >= 0.3 is 5.97 Å². The number of nitrogens with one attached hydrogen (secondary N) is 1. The molecule has 0 saturated carbocycles. The molecule has 0 radical (unpaired) electrons. The van der Waals surface area contributed by atoms with Crippen LogP contribution in [0.5, 0.6) is 0 Å². The Hall–Kier alpha value is -1.66. The minimum Gasteiger partial charge on any atom is -0.478 e. The van der Waals surface area contributed by atoms with Crippen molar-refractivity contribution in [3.63, 3.8) is 0 Å². The summed E-state index contributed by atoms with van der Waals surface area (Å²) >= 11 is 1.26. The molecule has 1 amide bonds. The van der Waals surface area contributed by atoms with E-state index < -0.39 is 5.97 Å². The van der Waals surface area contributed by atoms with Gasteiger partial charge in [-0.15, -0.1) is 11.3 Å². The van der Waals surface area contributed by atoms with Crippen LogP contribution in [-0.2, 0) is 4.79 Å². The Labute approximate surface area is 103 Å². The smallest absolute Gasteiger partial charge is 0.328 e. The largest absolute Gasteiger partial charge is 0.478 e. The van der Waals surface area contributed by atoms with Crippen LogP contribution in [0.25, 0.3) is 6.08 Å². The molecule has 0 spiro atoms. The summed E-state index contributed by atoms with van der Waals surface area (Å²) in [5.74, 6) is -1.20. The lowest BCUT2D eigenvalue weighted by atomic mass is 10.2. The normalized spacial score (nSPS) is 11.1. The maximum absolute atomic E-state index is 11.7. The quantitative estimate of drug-likeness (QED) is 0.629. The number of carbonyl (C=O) groups is 2. The van der Waals surface area contributed by atoms with Crippen molar-refractivity contribution in [2.24, 2.45) is 0 Å². The first-order valence-electron chi connectivity index (χ1n) is 4.90. The van der Waals surface area contributed by atoms with Gasteiger partial charge in [0, 0.05) is 25.0 Å². The van der Waals surface area contributed by atoms with E-state index in [1.165, 1.54) is 17.4 Å². The molecule has 0 bridgehead atoms. The lowest BCUT2D eigenvalue weighted by molar-refractivity contribution is -0.131. The molecule has 1 heterocycles. The van der Waals surface area contributed by atoms with Crippen LogP contribution >= 0.6 is 11.3 Å². The molecule has 1 aromatic heterocycles. The van der Waals surface area contributed by atoms with Crippen LogP contribution in [0.3, 0.4) is 0 Å². The third kappa shape index (κ3) is 4.01. The highest BCUT2D eigenvalue weighted by Crippen LogP contribution is 2.23. The summed E-state index contributed by atoms with van der Waals surface area (Å²) in [5, 5.41) is 10.1. The number of aliphatic carboxylic acids is 1. The second-order valence-electron chi connectivity index (χ2n) is 3.66. The van der Waals surface area contributed by atoms with Crippen LogP contribution in [-0.4, -0.2) is 36.1 Å². The molecule has 0 aliphatic carbocycles. The van der Waals surface area contributed by atoms with E-state index in [4.69, 9.17) is 5.11 Å². The number of hydrogen-bond acceptors (Lipinski definition) is 4. The molecular formula is C11H14N2O3S. The first-order valence-corrected chi connectivity index (χ1v) is 5.71. The molecule has 1 rings (SSSR count). The van der Waals surface area contributed by atoms with Crippen molar-refractivity contribution in [3.8, 4) is 0 Å². The van der Waals surface area contributed by atoms with E-state index in [0.29, 0.717) is 4.88 Å². The van der Waals surface area contributed by atoms with Gasteiger partial charge in [-0.1, -0.05) is 0 Å². The molecule has 6 heteroatoms. The van der Waals surface area contributed by atoms with E-state index in [1.807, 2.05) is 6.92 Å². The number of nitrogens with zero attached hydrogens (tertiary/aromatic N) is 1. The van der Waals surface area contributed by atoms with Crippen molar-refractivity contribution in [2.75, 3.05) is 14.1 Å². The van der Waals surface area contributed by atoms with Gasteiger partial charge in [0.2, 0.25) is 0 Å².